The number of methoxy groups -OCH3 is 1. The molecular formula is C10H18O2. The van der Waals surface area contributed by atoms with Gasteiger partial charge < -0.3 is 9.47 Å². The average Bonchev–Trinajstić information content (AvgIpc) is 2.64. The summed E-state index contributed by atoms with van der Waals surface area (Å²) >= 11 is 0. The van der Waals surface area contributed by atoms with Gasteiger partial charge in [-0.15, -0.1) is 0 Å². The van der Waals surface area contributed by atoms with Crippen LogP contribution in [0.25, 0.3) is 0 Å². The molecule has 2 rings (SSSR count). The van der Waals surface area contributed by atoms with Crippen LogP contribution in [0, 0.1) is 5.92 Å². The fraction of sp³-hybridized carbons (Fsp3) is 1.00. The molecular weight excluding hydrogens is 152 g/mol. The largest absolute Gasteiger partial charge is 0.378 e. The zero-order chi connectivity index (χ0) is 8.77. The number of fused-ring (bicyclic) bond motifs is 2. The van der Waals surface area contributed by atoms with Crippen molar-refractivity contribution in [3.8, 4) is 0 Å². The molecule has 0 aromatic heterocycles. The highest BCUT2D eigenvalue weighted by molar-refractivity contribution is 4.96. The first-order valence-corrected chi connectivity index (χ1v) is 4.84. The summed E-state index contributed by atoms with van der Waals surface area (Å²) < 4.78 is 11.3. The molecule has 0 aromatic rings. The molecule has 2 bridgehead atoms. The zero-order valence-electron chi connectivity index (χ0n) is 8.17. The minimum Gasteiger partial charge on any atom is -0.378 e. The lowest BCUT2D eigenvalue weighted by molar-refractivity contribution is -0.0511. The Morgan fingerprint density at radius 2 is 2.08 bits per heavy atom. The van der Waals surface area contributed by atoms with Crippen molar-refractivity contribution in [1.29, 1.82) is 0 Å². The van der Waals surface area contributed by atoms with Crippen LogP contribution in [0.2, 0.25) is 0 Å². The van der Waals surface area contributed by atoms with E-state index in [9.17, 15) is 0 Å². The number of hydrogen-bond donors (Lipinski definition) is 0. The first-order chi connectivity index (χ1) is 5.63. The van der Waals surface area contributed by atoms with Crippen molar-refractivity contribution in [1.82, 2.24) is 0 Å². The standard InChI is InChI=1S/C10H18O2/c1-10(2,11-3)8-6-7-4-5-9(8)12-7/h7-9H,4-6H2,1-3H3. The summed E-state index contributed by atoms with van der Waals surface area (Å²) in [6.45, 7) is 4.34. The molecule has 0 amide bonds. The van der Waals surface area contributed by atoms with Gasteiger partial charge in [-0.2, -0.15) is 0 Å². The van der Waals surface area contributed by atoms with Crippen molar-refractivity contribution < 1.29 is 9.47 Å². The Labute approximate surface area is 74.2 Å². The monoisotopic (exact) mass is 170 g/mol. The van der Waals surface area contributed by atoms with Crippen molar-refractivity contribution in [3.05, 3.63) is 0 Å². The molecule has 0 saturated carbocycles. The first kappa shape index (κ1) is 8.52. The third kappa shape index (κ3) is 1.17. The molecule has 12 heavy (non-hydrogen) atoms. The van der Waals surface area contributed by atoms with Crippen LogP contribution in [0.4, 0.5) is 0 Å². The maximum Gasteiger partial charge on any atom is 0.0676 e. The Bertz CT molecular complexity index is 177. The second-order valence-electron chi connectivity index (χ2n) is 4.52. The van der Waals surface area contributed by atoms with Gasteiger partial charge in [0.15, 0.2) is 0 Å². The van der Waals surface area contributed by atoms with E-state index >= 15 is 0 Å². The predicted octanol–water partition coefficient (Wildman–Crippen LogP) is 1.98. The Kier molecular flexibility index (Phi) is 1.92. The minimum absolute atomic E-state index is 0.000162. The molecule has 0 aromatic carbocycles. The van der Waals surface area contributed by atoms with E-state index in [0.717, 1.165) is 0 Å². The molecule has 0 radical (unpaired) electrons. The maximum absolute atomic E-state index is 5.79. The van der Waals surface area contributed by atoms with Crippen LogP contribution in [-0.4, -0.2) is 24.9 Å². The van der Waals surface area contributed by atoms with E-state index in [1.165, 1.54) is 19.3 Å². The molecule has 3 atom stereocenters. The number of hydrogen-bond acceptors (Lipinski definition) is 2. The molecule has 2 saturated heterocycles. The first-order valence-electron chi connectivity index (χ1n) is 4.84. The average molecular weight is 170 g/mol. The van der Waals surface area contributed by atoms with Crippen molar-refractivity contribution >= 4 is 0 Å². The molecule has 0 aliphatic carbocycles. The summed E-state index contributed by atoms with van der Waals surface area (Å²) in [5.41, 5.74) is -0.000162. The van der Waals surface area contributed by atoms with Gasteiger partial charge in [-0.3, -0.25) is 0 Å². The van der Waals surface area contributed by atoms with Gasteiger partial charge in [-0.25, -0.2) is 0 Å². The van der Waals surface area contributed by atoms with Gasteiger partial charge in [0.25, 0.3) is 0 Å². The summed E-state index contributed by atoms with van der Waals surface area (Å²) in [7, 11) is 1.80. The number of rotatable bonds is 2. The van der Waals surface area contributed by atoms with E-state index in [2.05, 4.69) is 13.8 Å². The lowest BCUT2D eigenvalue weighted by atomic mass is 9.79. The topological polar surface area (TPSA) is 18.5 Å². The van der Waals surface area contributed by atoms with Crippen LogP contribution in [0.3, 0.4) is 0 Å². The summed E-state index contributed by atoms with van der Waals surface area (Å²) in [6.07, 6.45) is 4.72. The highest BCUT2D eigenvalue weighted by atomic mass is 16.5. The van der Waals surface area contributed by atoms with Crippen LogP contribution in [0.15, 0.2) is 0 Å². The summed E-state index contributed by atoms with van der Waals surface area (Å²) in [4.78, 5) is 0. The molecule has 70 valence electrons. The van der Waals surface area contributed by atoms with Gasteiger partial charge in [-0.1, -0.05) is 0 Å². The Balaban J connectivity index is 2.06. The van der Waals surface area contributed by atoms with Gasteiger partial charge in [0, 0.05) is 13.0 Å². The smallest absolute Gasteiger partial charge is 0.0676 e. The van der Waals surface area contributed by atoms with Gasteiger partial charge >= 0.3 is 0 Å². The highest BCUT2D eigenvalue weighted by Gasteiger charge is 2.47. The van der Waals surface area contributed by atoms with E-state index in [-0.39, 0.29) is 5.60 Å². The van der Waals surface area contributed by atoms with Gasteiger partial charge in [0.2, 0.25) is 0 Å². The van der Waals surface area contributed by atoms with Crippen molar-refractivity contribution in [2.45, 2.75) is 50.9 Å². The Hall–Kier alpha value is -0.0800. The van der Waals surface area contributed by atoms with Crippen LogP contribution in [-0.2, 0) is 9.47 Å². The predicted molar refractivity (Wildman–Crippen MR) is 47.1 cm³/mol. The lowest BCUT2D eigenvalue weighted by Gasteiger charge is -2.34. The molecule has 0 spiro atoms. The Morgan fingerprint density at radius 1 is 1.33 bits per heavy atom. The number of ether oxygens (including phenoxy) is 2. The molecule has 0 N–H and O–H groups in total. The normalized spacial score (nSPS) is 40.8. The van der Waals surface area contributed by atoms with Crippen LogP contribution in [0.5, 0.6) is 0 Å². The molecule has 2 heteroatoms. The van der Waals surface area contributed by atoms with Crippen molar-refractivity contribution in [2.75, 3.05) is 7.11 Å². The minimum atomic E-state index is -0.000162. The van der Waals surface area contributed by atoms with Gasteiger partial charge in [0.1, 0.15) is 0 Å². The second kappa shape index (κ2) is 2.71. The fourth-order valence-electron chi connectivity index (χ4n) is 2.52. The summed E-state index contributed by atoms with van der Waals surface area (Å²) in [6, 6.07) is 0. The molecule has 2 fully saturated rings. The molecule has 2 aliphatic heterocycles. The fourth-order valence-corrected chi connectivity index (χ4v) is 2.52. The van der Waals surface area contributed by atoms with E-state index in [0.29, 0.717) is 18.1 Å². The van der Waals surface area contributed by atoms with Crippen LogP contribution < -0.4 is 0 Å². The van der Waals surface area contributed by atoms with E-state index < -0.39 is 0 Å². The van der Waals surface area contributed by atoms with E-state index in [4.69, 9.17) is 9.47 Å². The van der Waals surface area contributed by atoms with E-state index in [1.807, 2.05) is 0 Å². The second-order valence-corrected chi connectivity index (χ2v) is 4.52. The van der Waals surface area contributed by atoms with Gasteiger partial charge in [0.05, 0.1) is 17.8 Å². The maximum atomic E-state index is 5.79. The summed E-state index contributed by atoms with van der Waals surface area (Å²) in [5.74, 6) is 0.612. The highest BCUT2D eigenvalue weighted by Crippen LogP contribution is 2.44. The third-order valence-corrected chi connectivity index (χ3v) is 3.53. The summed E-state index contributed by atoms with van der Waals surface area (Å²) in [5, 5.41) is 0. The molecule has 2 heterocycles. The van der Waals surface area contributed by atoms with Crippen molar-refractivity contribution in [3.63, 3.8) is 0 Å². The third-order valence-electron chi connectivity index (χ3n) is 3.53. The zero-order valence-corrected chi connectivity index (χ0v) is 8.17. The van der Waals surface area contributed by atoms with Gasteiger partial charge in [-0.05, 0) is 33.1 Å². The lowest BCUT2D eigenvalue weighted by Crippen LogP contribution is -2.39. The molecule has 2 aliphatic rings. The van der Waals surface area contributed by atoms with Crippen LogP contribution >= 0.6 is 0 Å². The molecule has 2 nitrogen and oxygen atoms in total. The quantitative estimate of drug-likeness (QED) is 0.631. The molecule has 3 unspecified atom stereocenters. The van der Waals surface area contributed by atoms with E-state index in [1.54, 1.807) is 7.11 Å². The Morgan fingerprint density at radius 3 is 2.50 bits per heavy atom. The van der Waals surface area contributed by atoms with Crippen molar-refractivity contribution in [2.24, 2.45) is 5.92 Å². The SMILES string of the molecule is COC(C)(C)C1CC2CCC1O2. The van der Waals surface area contributed by atoms with Crippen LogP contribution in [0.1, 0.15) is 33.1 Å².